The van der Waals surface area contributed by atoms with Crippen LogP contribution in [-0.4, -0.2) is 12.4 Å². The van der Waals surface area contributed by atoms with Crippen LogP contribution in [0.1, 0.15) is 30.9 Å². The van der Waals surface area contributed by atoms with Crippen molar-refractivity contribution in [2.45, 2.75) is 25.3 Å². The molecule has 0 spiro atoms. The molecule has 0 fully saturated rings. The van der Waals surface area contributed by atoms with Crippen molar-refractivity contribution in [3.8, 4) is 5.75 Å². The van der Waals surface area contributed by atoms with Gasteiger partial charge >= 0.3 is 0 Å². The summed E-state index contributed by atoms with van der Waals surface area (Å²) in [5.74, 6) is 1.19. The van der Waals surface area contributed by atoms with E-state index < -0.39 is 0 Å². The molecule has 17 heavy (non-hydrogen) atoms. The van der Waals surface area contributed by atoms with Gasteiger partial charge in [0.25, 0.3) is 0 Å². The van der Waals surface area contributed by atoms with Crippen molar-refractivity contribution < 1.29 is 9.53 Å². The highest BCUT2D eigenvalue weighted by atomic mass is 16.5. The van der Waals surface area contributed by atoms with Crippen LogP contribution in [0.4, 0.5) is 0 Å². The molecule has 1 atom stereocenters. The van der Waals surface area contributed by atoms with Crippen LogP contribution < -0.4 is 10.1 Å². The largest absolute Gasteiger partial charge is 0.493 e. The smallest absolute Gasteiger partial charge is 0.157 e. The van der Waals surface area contributed by atoms with E-state index in [0.29, 0.717) is 6.42 Å². The van der Waals surface area contributed by atoms with Gasteiger partial charge in [0.05, 0.1) is 12.6 Å². The predicted molar refractivity (Wildman–Crippen MR) is 64.8 cm³/mol. The molecule has 0 aromatic heterocycles. The second-order valence-corrected chi connectivity index (χ2v) is 4.51. The SMILES string of the molecule is O=C1C=C(NC2CCOc3ccccc32)CC1. The Labute approximate surface area is 100 Å². The molecule has 0 radical (unpaired) electrons. The summed E-state index contributed by atoms with van der Waals surface area (Å²) in [6, 6.07) is 8.37. The quantitative estimate of drug-likeness (QED) is 0.846. The van der Waals surface area contributed by atoms with Gasteiger partial charge in [-0.1, -0.05) is 18.2 Å². The van der Waals surface area contributed by atoms with E-state index in [-0.39, 0.29) is 11.8 Å². The molecule has 3 heteroatoms. The number of ether oxygens (including phenoxy) is 1. The zero-order valence-corrected chi connectivity index (χ0v) is 9.61. The van der Waals surface area contributed by atoms with Crippen LogP contribution in [0, 0.1) is 0 Å². The second-order valence-electron chi connectivity index (χ2n) is 4.51. The predicted octanol–water partition coefficient (Wildman–Crippen LogP) is 2.35. The van der Waals surface area contributed by atoms with E-state index in [1.165, 1.54) is 5.56 Å². The van der Waals surface area contributed by atoms with Gasteiger partial charge in [-0.2, -0.15) is 0 Å². The molecule has 3 rings (SSSR count). The van der Waals surface area contributed by atoms with Crippen molar-refractivity contribution in [3.05, 3.63) is 41.6 Å². The average molecular weight is 229 g/mol. The van der Waals surface area contributed by atoms with E-state index in [4.69, 9.17) is 4.74 Å². The molecule has 1 aliphatic heterocycles. The third-order valence-corrected chi connectivity index (χ3v) is 3.29. The zero-order valence-electron chi connectivity index (χ0n) is 9.61. The van der Waals surface area contributed by atoms with Crippen LogP contribution in [0.5, 0.6) is 5.75 Å². The van der Waals surface area contributed by atoms with Gasteiger partial charge in [-0.05, 0) is 12.5 Å². The molecule has 0 amide bonds. The number of ketones is 1. The van der Waals surface area contributed by atoms with Crippen molar-refractivity contribution >= 4 is 5.78 Å². The van der Waals surface area contributed by atoms with Gasteiger partial charge in [-0.15, -0.1) is 0 Å². The molecule has 1 N–H and O–H groups in total. The molecule has 0 saturated heterocycles. The fourth-order valence-electron chi connectivity index (χ4n) is 2.43. The lowest BCUT2D eigenvalue weighted by molar-refractivity contribution is -0.114. The van der Waals surface area contributed by atoms with E-state index in [0.717, 1.165) is 30.9 Å². The third-order valence-electron chi connectivity index (χ3n) is 3.29. The number of para-hydroxylation sites is 1. The Morgan fingerprint density at radius 1 is 1.24 bits per heavy atom. The molecule has 1 aliphatic carbocycles. The summed E-state index contributed by atoms with van der Waals surface area (Å²) in [6.07, 6.45) is 4.17. The Balaban J connectivity index is 1.81. The van der Waals surface area contributed by atoms with Gasteiger partial charge in [0.2, 0.25) is 0 Å². The van der Waals surface area contributed by atoms with Crippen LogP contribution in [0.2, 0.25) is 0 Å². The number of nitrogens with one attached hydrogen (secondary N) is 1. The molecule has 2 aliphatic rings. The molecule has 88 valence electrons. The Bertz CT molecular complexity index is 479. The standard InChI is InChI=1S/C14H15NO2/c16-11-6-5-10(9-11)15-13-7-8-17-14-4-2-1-3-12(13)14/h1-4,9,13,15H,5-8H2. The molecular weight excluding hydrogens is 214 g/mol. The maximum Gasteiger partial charge on any atom is 0.157 e. The first-order valence-electron chi connectivity index (χ1n) is 6.04. The third kappa shape index (κ3) is 2.05. The van der Waals surface area contributed by atoms with E-state index in [2.05, 4.69) is 11.4 Å². The Hall–Kier alpha value is -1.77. The lowest BCUT2D eigenvalue weighted by Gasteiger charge is -2.27. The summed E-state index contributed by atoms with van der Waals surface area (Å²) in [6.45, 7) is 0.732. The van der Waals surface area contributed by atoms with Gasteiger partial charge in [-0.3, -0.25) is 4.79 Å². The summed E-state index contributed by atoms with van der Waals surface area (Å²) < 4.78 is 5.61. The number of benzene rings is 1. The summed E-state index contributed by atoms with van der Waals surface area (Å²) in [4.78, 5) is 11.2. The van der Waals surface area contributed by atoms with Crippen molar-refractivity contribution in [1.82, 2.24) is 5.32 Å². The molecule has 1 unspecified atom stereocenters. The van der Waals surface area contributed by atoms with Gasteiger partial charge in [0, 0.05) is 30.2 Å². The number of rotatable bonds is 2. The van der Waals surface area contributed by atoms with Crippen molar-refractivity contribution in [2.75, 3.05) is 6.61 Å². The van der Waals surface area contributed by atoms with Crippen LogP contribution in [0.15, 0.2) is 36.0 Å². The summed E-state index contributed by atoms with van der Waals surface area (Å²) in [5.41, 5.74) is 2.26. The molecule has 1 aromatic rings. The molecule has 1 heterocycles. The molecule has 0 saturated carbocycles. The Kier molecular flexibility index (Phi) is 2.59. The van der Waals surface area contributed by atoms with Gasteiger partial charge < -0.3 is 10.1 Å². The first-order valence-corrected chi connectivity index (χ1v) is 6.04. The fraction of sp³-hybridized carbons (Fsp3) is 0.357. The minimum atomic E-state index is 0.229. The Morgan fingerprint density at radius 2 is 2.12 bits per heavy atom. The molecular formula is C14H15NO2. The summed E-state index contributed by atoms with van der Waals surface area (Å²) in [7, 11) is 0. The number of allylic oxidation sites excluding steroid dienone is 2. The van der Waals surface area contributed by atoms with E-state index in [1.807, 2.05) is 18.2 Å². The van der Waals surface area contributed by atoms with Crippen LogP contribution in [0.25, 0.3) is 0 Å². The van der Waals surface area contributed by atoms with E-state index in [1.54, 1.807) is 6.08 Å². The number of carbonyl (C=O) groups is 1. The van der Waals surface area contributed by atoms with Crippen molar-refractivity contribution in [2.24, 2.45) is 0 Å². The number of fused-ring (bicyclic) bond motifs is 1. The first-order chi connectivity index (χ1) is 8.33. The topological polar surface area (TPSA) is 38.3 Å². The van der Waals surface area contributed by atoms with Crippen molar-refractivity contribution in [1.29, 1.82) is 0 Å². The molecule has 3 nitrogen and oxygen atoms in total. The van der Waals surface area contributed by atoms with Crippen molar-refractivity contribution in [3.63, 3.8) is 0 Å². The molecule has 0 bridgehead atoms. The highest BCUT2D eigenvalue weighted by Crippen LogP contribution is 2.32. The van der Waals surface area contributed by atoms with Crippen LogP contribution in [0.3, 0.4) is 0 Å². The average Bonchev–Trinajstić information content (AvgIpc) is 2.75. The molecule has 1 aromatic carbocycles. The first kappa shape index (κ1) is 10.4. The lowest BCUT2D eigenvalue weighted by Crippen LogP contribution is -2.26. The summed E-state index contributed by atoms with van der Waals surface area (Å²) in [5, 5.41) is 3.46. The van der Waals surface area contributed by atoms with Gasteiger partial charge in [0.15, 0.2) is 5.78 Å². The van der Waals surface area contributed by atoms with E-state index >= 15 is 0 Å². The van der Waals surface area contributed by atoms with E-state index in [9.17, 15) is 4.79 Å². The minimum absolute atomic E-state index is 0.229. The van der Waals surface area contributed by atoms with Gasteiger partial charge in [-0.25, -0.2) is 0 Å². The highest BCUT2D eigenvalue weighted by molar-refractivity contribution is 5.92. The second kappa shape index (κ2) is 4.24. The fourth-order valence-corrected chi connectivity index (χ4v) is 2.43. The maximum absolute atomic E-state index is 11.2. The minimum Gasteiger partial charge on any atom is -0.493 e. The van der Waals surface area contributed by atoms with Gasteiger partial charge in [0.1, 0.15) is 5.75 Å². The van der Waals surface area contributed by atoms with Crippen LogP contribution in [-0.2, 0) is 4.79 Å². The highest BCUT2D eigenvalue weighted by Gasteiger charge is 2.23. The number of hydrogen-bond donors (Lipinski definition) is 1. The zero-order chi connectivity index (χ0) is 11.7. The maximum atomic E-state index is 11.2. The number of hydrogen-bond acceptors (Lipinski definition) is 3. The monoisotopic (exact) mass is 229 g/mol. The normalized spacial score (nSPS) is 22.7. The van der Waals surface area contributed by atoms with Crippen LogP contribution >= 0.6 is 0 Å². The Morgan fingerprint density at radius 3 is 2.94 bits per heavy atom. The lowest BCUT2D eigenvalue weighted by atomic mass is 10.0. The number of carbonyl (C=O) groups excluding carboxylic acids is 1. The summed E-state index contributed by atoms with van der Waals surface area (Å²) >= 11 is 0.